The van der Waals surface area contributed by atoms with Crippen molar-refractivity contribution in [2.45, 2.75) is 17.9 Å². The minimum atomic E-state index is -3.66. The molecule has 0 amide bonds. The van der Waals surface area contributed by atoms with Gasteiger partial charge in [0.2, 0.25) is 10.0 Å². The van der Waals surface area contributed by atoms with Crippen LogP contribution in [0.3, 0.4) is 0 Å². The third-order valence-electron chi connectivity index (χ3n) is 2.63. The van der Waals surface area contributed by atoms with Gasteiger partial charge in [-0.15, -0.1) is 0 Å². The third kappa shape index (κ3) is 2.91. The van der Waals surface area contributed by atoms with Gasteiger partial charge in [-0.2, -0.15) is 0 Å². The van der Waals surface area contributed by atoms with Gasteiger partial charge in [-0.1, -0.05) is 12.1 Å². The Morgan fingerprint density at radius 2 is 1.89 bits per heavy atom. The molecule has 1 heterocycles. The average Bonchev–Trinajstić information content (AvgIpc) is 2.81. The maximum atomic E-state index is 11.3. The Kier molecular flexibility index (Phi) is 3.40. The number of hydrogen-bond acceptors (Lipinski definition) is 3. The second kappa shape index (κ2) is 4.83. The Hall–Kier alpha value is -1.79. The zero-order chi connectivity index (χ0) is 13.2. The molecule has 1 aromatic heterocycles. The summed E-state index contributed by atoms with van der Waals surface area (Å²) in [5.74, 6) is 0. The second-order valence-corrected chi connectivity index (χ2v) is 5.62. The molecule has 0 saturated heterocycles. The van der Waals surface area contributed by atoms with Crippen molar-refractivity contribution in [2.75, 3.05) is 5.43 Å². The standard InChI is InChI=1S/C12H15N3O2S/c1-10(14-15-7-2-3-8-15)11-5-4-6-12(9-11)18(13,16)17/h2-10,14H,1H3,(H2,13,16,17). The second-order valence-electron chi connectivity index (χ2n) is 4.06. The number of primary sulfonamides is 1. The maximum Gasteiger partial charge on any atom is 0.238 e. The molecule has 0 bridgehead atoms. The van der Waals surface area contributed by atoms with E-state index in [4.69, 9.17) is 5.14 Å². The maximum absolute atomic E-state index is 11.3. The van der Waals surface area contributed by atoms with E-state index in [0.29, 0.717) is 0 Å². The molecule has 3 N–H and O–H groups in total. The summed E-state index contributed by atoms with van der Waals surface area (Å²) >= 11 is 0. The Balaban J connectivity index is 2.23. The number of benzene rings is 1. The van der Waals surface area contributed by atoms with E-state index in [1.807, 2.05) is 42.2 Å². The van der Waals surface area contributed by atoms with Crippen molar-refractivity contribution in [3.63, 3.8) is 0 Å². The summed E-state index contributed by atoms with van der Waals surface area (Å²) in [6.45, 7) is 1.95. The Morgan fingerprint density at radius 1 is 1.22 bits per heavy atom. The van der Waals surface area contributed by atoms with E-state index in [1.54, 1.807) is 12.1 Å². The molecule has 0 aliphatic rings. The Labute approximate surface area is 106 Å². The van der Waals surface area contributed by atoms with Crippen molar-refractivity contribution >= 4 is 10.0 Å². The van der Waals surface area contributed by atoms with Gasteiger partial charge in [0.15, 0.2) is 0 Å². The molecule has 0 saturated carbocycles. The highest BCUT2D eigenvalue weighted by molar-refractivity contribution is 7.89. The highest BCUT2D eigenvalue weighted by atomic mass is 32.2. The van der Waals surface area contributed by atoms with Crippen LogP contribution >= 0.6 is 0 Å². The smallest absolute Gasteiger partial charge is 0.238 e. The largest absolute Gasteiger partial charge is 0.319 e. The molecule has 0 aliphatic heterocycles. The number of rotatable bonds is 4. The van der Waals surface area contributed by atoms with Crippen molar-refractivity contribution < 1.29 is 8.42 Å². The molecule has 1 unspecified atom stereocenters. The predicted octanol–water partition coefficient (Wildman–Crippen LogP) is 1.44. The molecule has 0 spiro atoms. The van der Waals surface area contributed by atoms with Crippen LogP contribution in [0.25, 0.3) is 0 Å². The normalized spacial score (nSPS) is 13.2. The summed E-state index contributed by atoms with van der Waals surface area (Å²) in [4.78, 5) is 0.126. The van der Waals surface area contributed by atoms with Gasteiger partial charge in [-0.25, -0.2) is 13.6 Å². The fourth-order valence-corrected chi connectivity index (χ4v) is 2.25. The lowest BCUT2D eigenvalue weighted by molar-refractivity contribution is 0.597. The first-order valence-electron chi connectivity index (χ1n) is 5.49. The first kappa shape index (κ1) is 12.7. The van der Waals surface area contributed by atoms with Gasteiger partial charge in [0.25, 0.3) is 0 Å². The summed E-state index contributed by atoms with van der Waals surface area (Å²) in [6, 6.07) is 10.4. The molecule has 1 atom stereocenters. The third-order valence-corrected chi connectivity index (χ3v) is 3.54. The monoisotopic (exact) mass is 265 g/mol. The van der Waals surface area contributed by atoms with Crippen LogP contribution in [0.1, 0.15) is 18.5 Å². The quantitative estimate of drug-likeness (QED) is 0.878. The molecular formula is C12H15N3O2S. The minimum Gasteiger partial charge on any atom is -0.319 e. The summed E-state index contributed by atoms with van der Waals surface area (Å²) in [6.07, 6.45) is 3.75. The molecule has 0 aliphatic carbocycles. The average molecular weight is 265 g/mol. The number of sulfonamides is 1. The Morgan fingerprint density at radius 3 is 2.50 bits per heavy atom. The molecule has 18 heavy (non-hydrogen) atoms. The van der Waals surface area contributed by atoms with E-state index < -0.39 is 10.0 Å². The van der Waals surface area contributed by atoms with Crippen molar-refractivity contribution in [3.8, 4) is 0 Å². The van der Waals surface area contributed by atoms with Gasteiger partial charge in [0.05, 0.1) is 10.9 Å². The SMILES string of the molecule is CC(Nn1cccc1)c1cccc(S(N)(=O)=O)c1. The van der Waals surface area contributed by atoms with Gasteiger partial charge in [0.1, 0.15) is 0 Å². The molecule has 2 aromatic rings. The van der Waals surface area contributed by atoms with Crippen molar-refractivity contribution in [2.24, 2.45) is 5.14 Å². The Bertz CT molecular complexity index is 621. The van der Waals surface area contributed by atoms with E-state index in [1.165, 1.54) is 6.07 Å². The molecule has 6 heteroatoms. The van der Waals surface area contributed by atoms with E-state index in [-0.39, 0.29) is 10.9 Å². The summed E-state index contributed by atoms with van der Waals surface area (Å²) in [7, 11) is -3.66. The minimum absolute atomic E-state index is 0.0286. The number of nitrogens with zero attached hydrogens (tertiary/aromatic N) is 1. The first-order chi connectivity index (χ1) is 8.47. The summed E-state index contributed by atoms with van der Waals surface area (Å²) < 4.78 is 24.4. The first-order valence-corrected chi connectivity index (χ1v) is 7.04. The van der Waals surface area contributed by atoms with E-state index >= 15 is 0 Å². The number of nitrogens with two attached hydrogens (primary N) is 1. The number of nitrogens with one attached hydrogen (secondary N) is 1. The zero-order valence-electron chi connectivity index (χ0n) is 9.95. The van der Waals surface area contributed by atoms with Crippen LogP contribution in [0.2, 0.25) is 0 Å². The predicted molar refractivity (Wildman–Crippen MR) is 70.0 cm³/mol. The van der Waals surface area contributed by atoms with E-state index in [0.717, 1.165) is 5.56 Å². The molecule has 0 radical (unpaired) electrons. The molecule has 2 rings (SSSR count). The summed E-state index contributed by atoms with van der Waals surface area (Å²) in [5, 5.41) is 5.11. The molecule has 0 fully saturated rings. The van der Waals surface area contributed by atoms with Crippen LogP contribution in [0.15, 0.2) is 53.7 Å². The number of aromatic nitrogens is 1. The van der Waals surface area contributed by atoms with Crippen LogP contribution in [0.5, 0.6) is 0 Å². The van der Waals surface area contributed by atoms with Gasteiger partial charge in [0, 0.05) is 12.4 Å². The van der Waals surface area contributed by atoms with E-state index in [9.17, 15) is 8.42 Å². The zero-order valence-corrected chi connectivity index (χ0v) is 10.8. The lowest BCUT2D eigenvalue weighted by atomic mass is 10.1. The van der Waals surface area contributed by atoms with Gasteiger partial charge in [-0.05, 0) is 36.8 Å². The molecule has 1 aromatic carbocycles. The van der Waals surface area contributed by atoms with Crippen molar-refractivity contribution in [1.82, 2.24) is 4.68 Å². The fraction of sp³-hybridized carbons (Fsp3) is 0.167. The highest BCUT2D eigenvalue weighted by Gasteiger charge is 2.11. The molecular weight excluding hydrogens is 250 g/mol. The molecule has 96 valence electrons. The highest BCUT2D eigenvalue weighted by Crippen LogP contribution is 2.17. The lowest BCUT2D eigenvalue weighted by Gasteiger charge is -2.17. The topological polar surface area (TPSA) is 77.1 Å². The van der Waals surface area contributed by atoms with Gasteiger partial charge >= 0.3 is 0 Å². The van der Waals surface area contributed by atoms with Gasteiger partial charge < -0.3 is 5.43 Å². The van der Waals surface area contributed by atoms with E-state index in [2.05, 4.69) is 5.43 Å². The van der Waals surface area contributed by atoms with Crippen molar-refractivity contribution in [3.05, 3.63) is 54.4 Å². The van der Waals surface area contributed by atoms with Gasteiger partial charge in [-0.3, -0.25) is 4.68 Å². The summed E-state index contributed by atoms with van der Waals surface area (Å²) in [5.41, 5.74) is 4.05. The van der Waals surface area contributed by atoms with Crippen LogP contribution in [-0.4, -0.2) is 13.1 Å². The number of hydrogen-bond donors (Lipinski definition) is 2. The van der Waals surface area contributed by atoms with Crippen LogP contribution in [0.4, 0.5) is 0 Å². The van der Waals surface area contributed by atoms with Crippen LogP contribution in [-0.2, 0) is 10.0 Å². The molecule has 5 nitrogen and oxygen atoms in total. The lowest BCUT2D eigenvalue weighted by Crippen LogP contribution is -2.18. The van der Waals surface area contributed by atoms with Crippen molar-refractivity contribution in [1.29, 1.82) is 0 Å². The van der Waals surface area contributed by atoms with Crippen LogP contribution < -0.4 is 10.6 Å². The fourth-order valence-electron chi connectivity index (χ4n) is 1.68. The van der Waals surface area contributed by atoms with Crippen LogP contribution in [0, 0.1) is 0 Å².